The lowest BCUT2D eigenvalue weighted by molar-refractivity contribution is -0.113. The molecular weight excluding hydrogens is 410 g/mol. The van der Waals surface area contributed by atoms with E-state index in [1.165, 1.54) is 0 Å². The van der Waals surface area contributed by atoms with Crippen molar-refractivity contribution in [3.8, 4) is 17.4 Å². The van der Waals surface area contributed by atoms with Crippen molar-refractivity contribution in [1.82, 2.24) is 19.7 Å². The Morgan fingerprint density at radius 1 is 1.03 bits per heavy atom. The first-order chi connectivity index (χ1) is 15.2. The summed E-state index contributed by atoms with van der Waals surface area (Å²) in [5, 5.41) is 7.54. The third kappa shape index (κ3) is 3.89. The SMILES string of the molecule is Cc1nn(-c2ncccn2)c2c1C(c1cccc(Oc3ccccc3)c1)SCC(=O)N2. The number of hydrogen-bond donors (Lipinski definition) is 1. The molecular formula is C23H19N5O2S. The summed E-state index contributed by atoms with van der Waals surface area (Å²) in [5.74, 6) is 2.79. The van der Waals surface area contributed by atoms with Gasteiger partial charge in [-0.3, -0.25) is 4.79 Å². The molecule has 1 unspecified atom stereocenters. The maximum absolute atomic E-state index is 12.5. The number of amides is 1. The molecule has 1 atom stereocenters. The number of benzene rings is 2. The van der Waals surface area contributed by atoms with Crippen LogP contribution < -0.4 is 10.1 Å². The fraction of sp³-hybridized carbons (Fsp3) is 0.130. The monoisotopic (exact) mass is 429 g/mol. The molecule has 4 aromatic rings. The molecule has 1 aliphatic rings. The van der Waals surface area contributed by atoms with Crippen molar-refractivity contribution in [2.45, 2.75) is 12.2 Å². The maximum atomic E-state index is 12.5. The Morgan fingerprint density at radius 3 is 2.61 bits per heavy atom. The van der Waals surface area contributed by atoms with Gasteiger partial charge in [-0.15, -0.1) is 11.8 Å². The van der Waals surface area contributed by atoms with Gasteiger partial charge >= 0.3 is 0 Å². The lowest BCUT2D eigenvalue weighted by Crippen LogP contribution is -2.16. The summed E-state index contributed by atoms with van der Waals surface area (Å²) in [4.78, 5) is 21.1. The van der Waals surface area contributed by atoms with E-state index >= 15 is 0 Å². The van der Waals surface area contributed by atoms with Crippen molar-refractivity contribution in [2.24, 2.45) is 0 Å². The Hall–Kier alpha value is -3.65. The molecule has 7 nitrogen and oxygen atoms in total. The van der Waals surface area contributed by atoms with Gasteiger partial charge in [0.2, 0.25) is 5.91 Å². The molecule has 5 rings (SSSR count). The molecule has 2 aromatic heterocycles. The summed E-state index contributed by atoms with van der Waals surface area (Å²) >= 11 is 1.56. The second-order valence-electron chi connectivity index (χ2n) is 7.04. The first-order valence-electron chi connectivity index (χ1n) is 9.80. The lowest BCUT2D eigenvalue weighted by Gasteiger charge is -2.16. The summed E-state index contributed by atoms with van der Waals surface area (Å²) in [6.45, 7) is 1.94. The van der Waals surface area contributed by atoms with E-state index in [0.717, 1.165) is 28.3 Å². The Bertz CT molecular complexity index is 1230. The smallest absolute Gasteiger partial charge is 0.252 e. The first kappa shape index (κ1) is 19.3. The number of hydrogen-bond acceptors (Lipinski definition) is 6. The van der Waals surface area contributed by atoms with Gasteiger partial charge in [-0.1, -0.05) is 30.3 Å². The highest BCUT2D eigenvalue weighted by Crippen LogP contribution is 2.44. The molecule has 1 N–H and O–H groups in total. The van der Waals surface area contributed by atoms with Crippen LogP contribution in [0.5, 0.6) is 11.5 Å². The van der Waals surface area contributed by atoms with Gasteiger partial charge in [-0.25, -0.2) is 9.97 Å². The van der Waals surface area contributed by atoms with Crippen molar-refractivity contribution < 1.29 is 9.53 Å². The minimum atomic E-state index is -0.0919. The molecule has 31 heavy (non-hydrogen) atoms. The van der Waals surface area contributed by atoms with Crippen LogP contribution in [0.2, 0.25) is 0 Å². The van der Waals surface area contributed by atoms with Crippen molar-refractivity contribution >= 4 is 23.5 Å². The molecule has 1 amide bonds. The highest BCUT2D eigenvalue weighted by atomic mass is 32.2. The van der Waals surface area contributed by atoms with Gasteiger partial charge in [-0.05, 0) is 42.8 Å². The lowest BCUT2D eigenvalue weighted by atomic mass is 10.0. The van der Waals surface area contributed by atoms with Gasteiger partial charge in [-0.2, -0.15) is 9.78 Å². The van der Waals surface area contributed by atoms with Crippen LogP contribution in [-0.2, 0) is 4.79 Å². The van der Waals surface area contributed by atoms with Crippen LogP contribution in [0.4, 0.5) is 5.82 Å². The largest absolute Gasteiger partial charge is 0.457 e. The van der Waals surface area contributed by atoms with E-state index in [9.17, 15) is 4.79 Å². The zero-order valence-corrected chi connectivity index (χ0v) is 17.5. The number of aromatic nitrogens is 4. The van der Waals surface area contributed by atoms with Crippen LogP contribution in [-0.4, -0.2) is 31.4 Å². The van der Waals surface area contributed by atoms with Crippen LogP contribution in [0.1, 0.15) is 22.1 Å². The van der Waals surface area contributed by atoms with Crippen LogP contribution in [0.15, 0.2) is 73.1 Å². The average Bonchev–Trinajstić information content (AvgIpc) is 3.00. The molecule has 0 fully saturated rings. The van der Waals surface area contributed by atoms with Gasteiger partial charge in [0.05, 0.1) is 16.7 Å². The number of carbonyl (C=O) groups excluding carboxylic acids is 1. The minimum absolute atomic E-state index is 0.0810. The third-order valence-electron chi connectivity index (χ3n) is 4.89. The topological polar surface area (TPSA) is 81.9 Å². The number of rotatable bonds is 4. The standard InChI is InChI=1S/C23H19N5O2S/c1-15-20-21(16-7-5-10-18(13-16)30-17-8-3-2-4-9-17)31-14-19(29)26-22(20)28(27-15)23-24-11-6-12-25-23/h2-13,21H,14H2,1H3,(H,26,29). The fourth-order valence-corrected chi connectivity index (χ4v) is 4.74. The molecule has 0 saturated heterocycles. The minimum Gasteiger partial charge on any atom is -0.457 e. The number of fused-ring (bicyclic) bond motifs is 1. The predicted molar refractivity (Wildman–Crippen MR) is 120 cm³/mol. The summed E-state index contributed by atoms with van der Waals surface area (Å²) in [6.07, 6.45) is 3.31. The molecule has 2 aromatic carbocycles. The zero-order valence-electron chi connectivity index (χ0n) is 16.7. The Labute approximate surface area is 183 Å². The molecule has 8 heteroatoms. The summed E-state index contributed by atoms with van der Waals surface area (Å²) < 4.78 is 7.63. The van der Waals surface area contributed by atoms with E-state index in [1.807, 2.05) is 61.5 Å². The molecule has 0 bridgehead atoms. The Balaban J connectivity index is 1.57. The van der Waals surface area contributed by atoms with Crippen LogP contribution in [0, 0.1) is 6.92 Å². The molecule has 154 valence electrons. The molecule has 0 radical (unpaired) electrons. The number of nitrogens with one attached hydrogen (secondary N) is 1. The highest BCUT2D eigenvalue weighted by Gasteiger charge is 2.31. The van der Waals surface area contributed by atoms with Crippen LogP contribution in [0.3, 0.4) is 0 Å². The molecule has 0 saturated carbocycles. The van der Waals surface area contributed by atoms with E-state index in [4.69, 9.17) is 4.74 Å². The van der Waals surface area contributed by atoms with Crippen molar-refractivity contribution in [3.05, 3.63) is 89.9 Å². The van der Waals surface area contributed by atoms with E-state index in [0.29, 0.717) is 17.5 Å². The van der Waals surface area contributed by atoms with E-state index in [2.05, 4.69) is 20.4 Å². The van der Waals surface area contributed by atoms with E-state index in [-0.39, 0.29) is 11.2 Å². The number of carbonyl (C=O) groups is 1. The second-order valence-corrected chi connectivity index (χ2v) is 8.13. The number of anilines is 1. The summed E-state index contributed by atoms with van der Waals surface area (Å²) in [7, 11) is 0. The highest BCUT2D eigenvalue weighted by molar-refractivity contribution is 8.00. The molecule has 0 aliphatic carbocycles. The number of thioether (sulfide) groups is 1. The zero-order chi connectivity index (χ0) is 21.2. The molecule has 1 aliphatic heterocycles. The van der Waals surface area contributed by atoms with E-state index in [1.54, 1.807) is 34.9 Å². The number of ether oxygens (including phenoxy) is 1. The van der Waals surface area contributed by atoms with Crippen molar-refractivity contribution in [1.29, 1.82) is 0 Å². The first-order valence-corrected chi connectivity index (χ1v) is 10.8. The van der Waals surface area contributed by atoms with Gasteiger partial charge in [0.15, 0.2) is 0 Å². The maximum Gasteiger partial charge on any atom is 0.252 e. The fourth-order valence-electron chi connectivity index (χ4n) is 3.56. The second kappa shape index (κ2) is 8.23. The summed E-state index contributed by atoms with van der Waals surface area (Å²) in [6, 6.07) is 19.4. The predicted octanol–water partition coefficient (Wildman–Crippen LogP) is 4.54. The van der Waals surface area contributed by atoms with Crippen LogP contribution >= 0.6 is 11.8 Å². The normalized spacial score (nSPS) is 15.6. The van der Waals surface area contributed by atoms with Crippen molar-refractivity contribution in [2.75, 3.05) is 11.1 Å². The van der Waals surface area contributed by atoms with Gasteiger partial charge < -0.3 is 10.1 Å². The Morgan fingerprint density at radius 2 is 1.81 bits per heavy atom. The van der Waals surface area contributed by atoms with Gasteiger partial charge in [0.25, 0.3) is 5.95 Å². The third-order valence-corrected chi connectivity index (χ3v) is 6.16. The van der Waals surface area contributed by atoms with E-state index < -0.39 is 0 Å². The molecule has 3 heterocycles. The molecule has 0 spiro atoms. The summed E-state index contributed by atoms with van der Waals surface area (Å²) in [5.41, 5.74) is 2.80. The van der Waals surface area contributed by atoms with Crippen LogP contribution in [0.25, 0.3) is 5.95 Å². The Kier molecular flexibility index (Phi) is 5.13. The van der Waals surface area contributed by atoms with Crippen molar-refractivity contribution in [3.63, 3.8) is 0 Å². The number of para-hydroxylation sites is 1. The number of aryl methyl sites for hydroxylation is 1. The average molecular weight is 430 g/mol. The van der Waals surface area contributed by atoms with Gasteiger partial charge in [0.1, 0.15) is 17.3 Å². The number of nitrogens with zero attached hydrogens (tertiary/aromatic N) is 4. The van der Waals surface area contributed by atoms with Gasteiger partial charge in [0, 0.05) is 18.0 Å². The quantitative estimate of drug-likeness (QED) is 0.513.